The van der Waals surface area contributed by atoms with Gasteiger partial charge in [-0.1, -0.05) is 11.6 Å². The van der Waals surface area contributed by atoms with E-state index in [1.807, 2.05) is 0 Å². The Hall–Kier alpha value is -2.15. The third-order valence-electron chi connectivity index (χ3n) is 2.06. The second-order valence-electron chi connectivity index (χ2n) is 3.37. The molecule has 1 aromatic rings. The van der Waals surface area contributed by atoms with Crippen LogP contribution in [0.25, 0.3) is 0 Å². The van der Waals surface area contributed by atoms with Crippen LogP contribution in [-0.4, -0.2) is 22.9 Å². The number of carbonyl (C=O) groups excluding carboxylic acids is 2. The Morgan fingerprint density at radius 2 is 2.11 bits per heavy atom. The molecule has 1 amide bonds. The first-order chi connectivity index (χ1) is 8.32. The highest BCUT2D eigenvalue weighted by molar-refractivity contribution is 6.31. The van der Waals surface area contributed by atoms with E-state index < -0.39 is 28.6 Å². The Labute approximate surface area is 107 Å². The van der Waals surface area contributed by atoms with Crippen LogP contribution in [-0.2, 0) is 9.53 Å². The van der Waals surface area contributed by atoms with Gasteiger partial charge in [0.2, 0.25) is 0 Å². The van der Waals surface area contributed by atoms with Gasteiger partial charge in [0.1, 0.15) is 5.56 Å². The quantitative estimate of drug-likeness (QED) is 0.504. The zero-order chi connectivity index (χ0) is 13.9. The summed E-state index contributed by atoms with van der Waals surface area (Å²) in [4.78, 5) is 32.4. The molecule has 8 heteroatoms. The minimum absolute atomic E-state index is 0.138. The van der Waals surface area contributed by atoms with Gasteiger partial charge in [0.05, 0.1) is 4.92 Å². The molecule has 0 spiro atoms. The summed E-state index contributed by atoms with van der Waals surface area (Å²) in [5, 5.41) is 10.9. The lowest BCUT2D eigenvalue weighted by molar-refractivity contribution is -0.385. The van der Waals surface area contributed by atoms with Crippen molar-refractivity contribution in [1.29, 1.82) is 0 Å². The lowest BCUT2D eigenvalue weighted by Crippen LogP contribution is -2.30. The Kier molecular flexibility index (Phi) is 4.22. The maximum atomic E-state index is 11.6. The molecular formula is C10H9ClN2O5. The van der Waals surface area contributed by atoms with Crippen molar-refractivity contribution < 1.29 is 19.2 Å². The van der Waals surface area contributed by atoms with Gasteiger partial charge >= 0.3 is 5.97 Å². The minimum atomic E-state index is -1.18. The number of nitro groups is 1. The summed E-state index contributed by atoms with van der Waals surface area (Å²) in [6, 6.07) is 3.44. The Balaban J connectivity index is 3.08. The van der Waals surface area contributed by atoms with E-state index in [-0.39, 0.29) is 10.6 Å². The molecule has 0 saturated carbocycles. The van der Waals surface area contributed by atoms with Gasteiger partial charge in [0.25, 0.3) is 11.6 Å². The zero-order valence-electron chi connectivity index (χ0n) is 9.25. The molecule has 2 N–H and O–H groups in total. The molecule has 0 saturated heterocycles. The number of rotatable bonds is 4. The van der Waals surface area contributed by atoms with Crippen molar-refractivity contribution in [3.8, 4) is 0 Å². The van der Waals surface area contributed by atoms with Crippen LogP contribution in [0.4, 0.5) is 5.69 Å². The zero-order valence-corrected chi connectivity index (χ0v) is 10.0. The van der Waals surface area contributed by atoms with Crippen molar-refractivity contribution in [2.45, 2.75) is 13.0 Å². The van der Waals surface area contributed by atoms with E-state index in [9.17, 15) is 19.7 Å². The summed E-state index contributed by atoms with van der Waals surface area (Å²) in [7, 11) is 0. The largest absolute Gasteiger partial charge is 0.449 e. The first kappa shape index (κ1) is 13.9. The lowest BCUT2D eigenvalue weighted by atomic mass is 10.2. The average molecular weight is 273 g/mol. The van der Waals surface area contributed by atoms with E-state index in [0.29, 0.717) is 0 Å². The van der Waals surface area contributed by atoms with Gasteiger partial charge in [-0.2, -0.15) is 0 Å². The fourth-order valence-electron chi connectivity index (χ4n) is 1.11. The smallest absolute Gasteiger partial charge is 0.345 e. The van der Waals surface area contributed by atoms with Crippen LogP contribution in [0.5, 0.6) is 0 Å². The molecule has 0 aliphatic heterocycles. The van der Waals surface area contributed by atoms with Crippen molar-refractivity contribution >= 4 is 29.2 Å². The first-order valence-corrected chi connectivity index (χ1v) is 5.15. The topological polar surface area (TPSA) is 113 Å². The number of nitrogens with zero attached hydrogens (tertiary/aromatic N) is 1. The van der Waals surface area contributed by atoms with Crippen LogP contribution in [0.15, 0.2) is 18.2 Å². The molecular weight excluding hydrogens is 264 g/mol. The number of hydrogen-bond acceptors (Lipinski definition) is 5. The summed E-state index contributed by atoms with van der Waals surface area (Å²) in [6.45, 7) is 1.26. The normalized spacial score (nSPS) is 11.7. The highest BCUT2D eigenvalue weighted by atomic mass is 35.5. The third kappa shape index (κ3) is 3.17. The highest BCUT2D eigenvalue weighted by Crippen LogP contribution is 2.23. The molecule has 0 aromatic heterocycles. The van der Waals surface area contributed by atoms with E-state index in [1.165, 1.54) is 13.0 Å². The number of esters is 1. The van der Waals surface area contributed by atoms with Crippen LogP contribution in [0.3, 0.4) is 0 Å². The molecule has 18 heavy (non-hydrogen) atoms. The SMILES string of the molecule is C[C@H](OC(=O)c1cc(Cl)ccc1[N+](=O)[O-])C(N)=O. The van der Waals surface area contributed by atoms with E-state index in [1.54, 1.807) is 0 Å². The maximum Gasteiger partial charge on any atom is 0.345 e. The van der Waals surface area contributed by atoms with Crippen LogP contribution >= 0.6 is 11.6 Å². The predicted molar refractivity (Wildman–Crippen MR) is 62.2 cm³/mol. The van der Waals surface area contributed by atoms with Gasteiger partial charge in [-0.15, -0.1) is 0 Å². The highest BCUT2D eigenvalue weighted by Gasteiger charge is 2.24. The number of halogens is 1. The number of ether oxygens (including phenoxy) is 1. The number of hydrogen-bond donors (Lipinski definition) is 1. The van der Waals surface area contributed by atoms with Crippen molar-refractivity contribution in [1.82, 2.24) is 0 Å². The summed E-state index contributed by atoms with van der Waals surface area (Å²) >= 11 is 5.64. The molecule has 0 aliphatic rings. The maximum absolute atomic E-state index is 11.6. The number of benzene rings is 1. The van der Waals surface area contributed by atoms with Gasteiger partial charge in [0.15, 0.2) is 6.10 Å². The second-order valence-corrected chi connectivity index (χ2v) is 3.80. The van der Waals surface area contributed by atoms with E-state index in [2.05, 4.69) is 4.74 Å². The third-order valence-corrected chi connectivity index (χ3v) is 2.29. The van der Waals surface area contributed by atoms with Crippen molar-refractivity contribution in [2.24, 2.45) is 5.73 Å². The van der Waals surface area contributed by atoms with Crippen LogP contribution < -0.4 is 5.73 Å². The summed E-state index contributed by atoms with van der Waals surface area (Å²) in [5.41, 5.74) is 4.12. The Bertz CT molecular complexity index is 517. The van der Waals surface area contributed by atoms with Crippen molar-refractivity contribution in [2.75, 3.05) is 0 Å². The number of nitro benzene ring substituents is 1. The molecule has 1 rings (SSSR count). The fraction of sp³-hybridized carbons (Fsp3) is 0.200. The van der Waals surface area contributed by atoms with Gasteiger partial charge in [-0.3, -0.25) is 14.9 Å². The van der Waals surface area contributed by atoms with Gasteiger partial charge in [-0.05, 0) is 19.1 Å². The second kappa shape index (κ2) is 5.46. The summed E-state index contributed by atoms with van der Waals surface area (Å²) in [5.74, 6) is -1.89. The van der Waals surface area contributed by atoms with Crippen LogP contribution in [0.2, 0.25) is 5.02 Å². The molecule has 0 heterocycles. The fourth-order valence-corrected chi connectivity index (χ4v) is 1.29. The molecule has 0 fully saturated rings. The Morgan fingerprint density at radius 3 is 2.61 bits per heavy atom. The van der Waals surface area contributed by atoms with Crippen LogP contribution in [0.1, 0.15) is 17.3 Å². The molecule has 0 unspecified atom stereocenters. The molecule has 1 atom stereocenters. The number of carbonyl (C=O) groups is 2. The van der Waals surface area contributed by atoms with Crippen molar-refractivity contribution in [3.05, 3.63) is 38.9 Å². The van der Waals surface area contributed by atoms with E-state index in [0.717, 1.165) is 12.1 Å². The standard InChI is InChI=1S/C10H9ClN2O5/c1-5(9(12)14)18-10(15)7-4-6(11)2-3-8(7)13(16)17/h2-5H,1H3,(H2,12,14)/t5-/m0/s1. The van der Waals surface area contributed by atoms with Gasteiger partial charge in [-0.25, -0.2) is 4.79 Å². The predicted octanol–water partition coefficient (Wildman–Crippen LogP) is 1.28. The summed E-state index contributed by atoms with van der Waals surface area (Å²) in [6.07, 6.45) is -1.18. The molecule has 0 radical (unpaired) electrons. The first-order valence-electron chi connectivity index (χ1n) is 4.77. The molecule has 7 nitrogen and oxygen atoms in total. The molecule has 96 valence electrons. The molecule has 1 aromatic carbocycles. The van der Waals surface area contributed by atoms with Gasteiger partial charge in [0, 0.05) is 11.1 Å². The van der Waals surface area contributed by atoms with Gasteiger partial charge < -0.3 is 10.5 Å². The Morgan fingerprint density at radius 1 is 1.50 bits per heavy atom. The monoisotopic (exact) mass is 272 g/mol. The van der Waals surface area contributed by atoms with Crippen molar-refractivity contribution in [3.63, 3.8) is 0 Å². The number of primary amides is 1. The molecule has 0 aliphatic carbocycles. The van der Waals surface area contributed by atoms with E-state index >= 15 is 0 Å². The number of nitrogens with two attached hydrogens (primary N) is 1. The number of amides is 1. The minimum Gasteiger partial charge on any atom is -0.449 e. The van der Waals surface area contributed by atoms with E-state index in [4.69, 9.17) is 17.3 Å². The lowest BCUT2D eigenvalue weighted by Gasteiger charge is -2.09. The molecule has 0 bridgehead atoms. The average Bonchev–Trinajstić information content (AvgIpc) is 2.28. The van der Waals surface area contributed by atoms with Crippen LogP contribution in [0, 0.1) is 10.1 Å². The summed E-state index contributed by atoms with van der Waals surface area (Å²) < 4.78 is 4.67.